The number of carbonyl (C=O) groups is 2. The molecule has 3 amide bonds. The van der Waals surface area contributed by atoms with E-state index in [0.717, 1.165) is 12.8 Å². The zero-order chi connectivity index (χ0) is 22.9. The van der Waals surface area contributed by atoms with Crippen molar-refractivity contribution in [2.24, 2.45) is 0 Å². The molecule has 12 heteroatoms. The zero-order valence-corrected chi connectivity index (χ0v) is 19.3. The van der Waals surface area contributed by atoms with Crippen LogP contribution in [0.15, 0.2) is 29.2 Å². The van der Waals surface area contributed by atoms with Gasteiger partial charge in [0.05, 0.1) is 28.0 Å². The Balaban J connectivity index is 1.27. The van der Waals surface area contributed by atoms with Gasteiger partial charge < -0.3 is 16.0 Å². The molecule has 1 aromatic rings. The normalized spacial score (nSPS) is 27.0. The zero-order valence-electron chi connectivity index (χ0n) is 17.6. The molecule has 3 fully saturated rings. The van der Waals surface area contributed by atoms with Gasteiger partial charge in [-0.2, -0.15) is 4.31 Å². The minimum absolute atomic E-state index is 0.0573. The molecule has 10 nitrogen and oxygen atoms in total. The summed E-state index contributed by atoms with van der Waals surface area (Å²) in [6.07, 6.45) is 3.28. The molecule has 3 N–H and O–H groups in total. The first kappa shape index (κ1) is 23.0. The second-order valence-corrected chi connectivity index (χ2v) is 12.8. The van der Waals surface area contributed by atoms with E-state index in [1.165, 1.54) is 16.4 Å². The lowest BCUT2D eigenvalue weighted by atomic mass is 10.0. The van der Waals surface area contributed by atoms with Crippen molar-refractivity contribution in [2.75, 3.05) is 24.2 Å². The highest BCUT2D eigenvalue weighted by atomic mass is 32.2. The summed E-state index contributed by atoms with van der Waals surface area (Å²) in [6, 6.07) is 5.09. The summed E-state index contributed by atoms with van der Waals surface area (Å²) in [5.41, 5.74) is 0.413. The minimum Gasteiger partial charge on any atom is -0.332 e. The molecule has 0 aromatic heterocycles. The Kier molecular flexibility index (Phi) is 6.46. The third kappa shape index (κ3) is 4.76. The van der Waals surface area contributed by atoms with Gasteiger partial charge in [-0.3, -0.25) is 4.79 Å². The number of sulfonamides is 1. The van der Waals surface area contributed by atoms with Gasteiger partial charge in [0, 0.05) is 25.2 Å². The van der Waals surface area contributed by atoms with Gasteiger partial charge in [-0.05, 0) is 43.9 Å². The van der Waals surface area contributed by atoms with E-state index in [2.05, 4.69) is 16.0 Å². The molecule has 3 aliphatic heterocycles. The Morgan fingerprint density at radius 3 is 2.66 bits per heavy atom. The number of carbonyl (C=O) groups excluding carboxylic acids is 2. The molecule has 0 saturated carbocycles. The average Bonchev–Trinajstić information content (AvgIpc) is 3.42. The van der Waals surface area contributed by atoms with Gasteiger partial charge in [0.1, 0.15) is 0 Å². The molecule has 0 aliphatic carbocycles. The van der Waals surface area contributed by atoms with Crippen LogP contribution >= 0.6 is 0 Å². The number of unbranched alkanes of at least 4 members (excludes halogenated alkanes) is 1. The Labute approximate surface area is 188 Å². The first-order chi connectivity index (χ1) is 15.2. The average molecular weight is 485 g/mol. The lowest BCUT2D eigenvalue weighted by Gasteiger charge is -2.16. The monoisotopic (exact) mass is 484 g/mol. The van der Waals surface area contributed by atoms with E-state index < -0.39 is 31.2 Å². The van der Waals surface area contributed by atoms with E-state index in [-0.39, 0.29) is 35.0 Å². The molecular weight excluding hydrogens is 456 g/mol. The van der Waals surface area contributed by atoms with Crippen molar-refractivity contribution in [3.05, 3.63) is 24.3 Å². The highest BCUT2D eigenvalue weighted by molar-refractivity contribution is 7.92. The smallest absolute Gasteiger partial charge is 0.315 e. The number of sulfone groups is 1. The lowest BCUT2D eigenvalue weighted by Crippen LogP contribution is -2.39. The largest absolute Gasteiger partial charge is 0.332 e. The highest BCUT2D eigenvalue weighted by Gasteiger charge is 2.51. The van der Waals surface area contributed by atoms with Gasteiger partial charge in [0.25, 0.3) is 0 Å². The Morgan fingerprint density at radius 2 is 1.91 bits per heavy atom. The fourth-order valence-corrected chi connectivity index (χ4v) is 8.50. The van der Waals surface area contributed by atoms with E-state index >= 15 is 0 Å². The first-order valence-corrected chi connectivity index (χ1v) is 14.0. The third-order valence-electron chi connectivity index (χ3n) is 6.28. The molecule has 0 bridgehead atoms. The molecule has 0 unspecified atom stereocenters. The van der Waals surface area contributed by atoms with Crippen molar-refractivity contribution in [3.63, 3.8) is 0 Å². The topological polar surface area (TPSA) is 142 Å². The number of amides is 3. The predicted octanol–water partition coefficient (Wildman–Crippen LogP) is 0.817. The fourth-order valence-electron chi connectivity index (χ4n) is 4.67. The van der Waals surface area contributed by atoms with Gasteiger partial charge >= 0.3 is 6.03 Å². The number of anilines is 1. The number of hydrogen-bond donors (Lipinski definition) is 3. The molecular formula is C20H28N4O6S2. The summed E-state index contributed by atoms with van der Waals surface area (Å²) < 4.78 is 51.5. The molecule has 32 heavy (non-hydrogen) atoms. The number of benzene rings is 1. The van der Waals surface area contributed by atoms with E-state index in [1.807, 2.05) is 0 Å². The Bertz CT molecular complexity index is 1100. The molecule has 0 radical (unpaired) electrons. The summed E-state index contributed by atoms with van der Waals surface area (Å²) in [4.78, 5) is 23.9. The van der Waals surface area contributed by atoms with Crippen LogP contribution in [0.1, 0.15) is 38.5 Å². The maximum Gasteiger partial charge on any atom is 0.315 e. The van der Waals surface area contributed by atoms with Crippen LogP contribution in [0.2, 0.25) is 0 Å². The van der Waals surface area contributed by atoms with Crippen LogP contribution < -0.4 is 16.0 Å². The van der Waals surface area contributed by atoms with Crippen molar-refractivity contribution in [2.45, 2.75) is 60.8 Å². The minimum atomic E-state index is -3.56. The van der Waals surface area contributed by atoms with E-state index in [0.29, 0.717) is 38.0 Å². The quantitative estimate of drug-likeness (QED) is 0.368. The maximum absolute atomic E-state index is 12.7. The van der Waals surface area contributed by atoms with Crippen molar-refractivity contribution >= 4 is 37.5 Å². The lowest BCUT2D eigenvalue weighted by molar-refractivity contribution is -0.116. The summed E-state index contributed by atoms with van der Waals surface area (Å²) in [5, 5.41) is 7.40. The maximum atomic E-state index is 12.7. The Hall–Kier alpha value is -2.18. The molecule has 3 heterocycles. The van der Waals surface area contributed by atoms with Crippen LogP contribution in [-0.4, -0.2) is 69.3 Å². The number of urea groups is 1. The van der Waals surface area contributed by atoms with Crippen LogP contribution in [0.4, 0.5) is 10.5 Å². The van der Waals surface area contributed by atoms with Gasteiger partial charge in [0.2, 0.25) is 15.9 Å². The molecule has 1 aromatic carbocycles. The van der Waals surface area contributed by atoms with Crippen molar-refractivity contribution in [3.8, 4) is 0 Å². The van der Waals surface area contributed by atoms with Gasteiger partial charge in [-0.15, -0.1) is 0 Å². The van der Waals surface area contributed by atoms with Gasteiger partial charge in [-0.1, -0.05) is 12.5 Å². The van der Waals surface area contributed by atoms with E-state index in [9.17, 15) is 26.4 Å². The van der Waals surface area contributed by atoms with Gasteiger partial charge in [0.15, 0.2) is 9.84 Å². The summed E-state index contributed by atoms with van der Waals surface area (Å²) in [6.45, 7) is 1.02. The second kappa shape index (κ2) is 8.99. The number of hydrogen-bond acceptors (Lipinski definition) is 6. The summed E-state index contributed by atoms with van der Waals surface area (Å²) in [7, 11) is -6.84. The fraction of sp³-hybridized carbons (Fsp3) is 0.600. The number of nitrogens with one attached hydrogen (secondary N) is 3. The van der Waals surface area contributed by atoms with Crippen molar-refractivity contribution in [1.82, 2.24) is 14.9 Å². The molecule has 3 aliphatic rings. The van der Waals surface area contributed by atoms with Crippen LogP contribution in [0.5, 0.6) is 0 Å². The SMILES string of the molecule is O=C(CCCC[C@@H]1[C@@H]2NC(=O)N[C@@H]2CS1(=O)=O)Nc1cccc(S(=O)(=O)N2CCCC2)c1. The van der Waals surface area contributed by atoms with E-state index in [1.54, 1.807) is 12.1 Å². The third-order valence-corrected chi connectivity index (χ3v) is 10.5. The number of nitrogens with zero attached hydrogens (tertiary/aromatic N) is 1. The standard InChI is InChI=1S/C20H28N4O6S2/c25-18(9-2-1-8-17-19-16(13-31(17,27)28)22-20(26)23-19)21-14-6-5-7-15(12-14)32(29,30)24-10-3-4-11-24/h5-7,12,16-17,19H,1-4,8-11,13H2,(H,21,25)(H2,22,23,26)/t16-,17-,19-/m1/s1. The summed E-state index contributed by atoms with van der Waals surface area (Å²) >= 11 is 0. The Morgan fingerprint density at radius 1 is 1.16 bits per heavy atom. The number of fused-ring (bicyclic) bond motifs is 1. The highest BCUT2D eigenvalue weighted by Crippen LogP contribution is 2.28. The predicted molar refractivity (Wildman–Crippen MR) is 118 cm³/mol. The molecule has 0 spiro atoms. The summed E-state index contributed by atoms with van der Waals surface area (Å²) in [5.74, 6) is -0.318. The van der Waals surface area contributed by atoms with Gasteiger partial charge in [-0.25, -0.2) is 21.6 Å². The number of rotatable bonds is 8. The van der Waals surface area contributed by atoms with Crippen molar-refractivity contribution in [1.29, 1.82) is 0 Å². The van der Waals surface area contributed by atoms with Crippen LogP contribution in [-0.2, 0) is 24.7 Å². The van der Waals surface area contributed by atoms with Crippen LogP contribution in [0.25, 0.3) is 0 Å². The van der Waals surface area contributed by atoms with Crippen LogP contribution in [0.3, 0.4) is 0 Å². The first-order valence-electron chi connectivity index (χ1n) is 10.9. The second-order valence-electron chi connectivity index (χ2n) is 8.55. The molecule has 4 rings (SSSR count). The van der Waals surface area contributed by atoms with E-state index in [4.69, 9.17) is 0 Å². The molecule has 176 valence electrons. The van der Waals surface area contributed by atoms with Crippen LogP contribution in [0, 0.1) is 0 Å². The van der Waals surface area contributed by atoms with Crippen molar-refractivity contribution < 1.29 is 26.4 Å². The molecule has 3 saturated heterocycles. The molecule has 3 atom stereocenters.